The van der Waals surface area contributed by atoms with Crippen LogP contribution < -0.4 is 0 Å². The van der Waals surface area contributed by atoms with Gasteiger partial charge in [0.15, 0.2) is 0 Å². The van der Waals surface area contributed by atoms with Gasteiger partial charge >= 0.3 is 0 Å². The van der Waals surface area contributed by atoms with Crippen molar-refractivity contribution in [1.29, 1.82) is 5.26 Å². The summed E-state index contributed by atoms with van der Waals surface area (Å²) in [5.41, 5.74) is 0.303. The van der Waals surface area contributed by atoms with Crippen LogP contribution in [0.2, 0.25) is 0 Å². The number of hydrogen-bond acceptors (Lipinski definition) is 2. The summed E-state index contributed by atoms with van der Waals surface area (Å²) in [4.78, 5) is 1.37. The van der Waals surface area contributed by atoms with Crippen molar-refractivity contribution in [1.82, 2.24) is 0 Å². The lowest BCUT2D eigenvalue weighted by molar-refractivity contribution is 0.121. The zero-order chi connectivity index (χ0) is 13.2. The van der Waals surface area contributed by atoms with Gasteiger partial charge in [0.1, 0.15) is 0 Å². The van der Waals surface area contributed by atoms with Crippen molar-refractivity contribution in [2.45, 2.75) is 52.9 Å². The number of nitrogens with zero attached hydrogens (tertiary/aromatic N) is 1. The highest BCUT2D eigenvalue weighted by atomic mass is 32.1. The Hall–Kier alpha value is -0.810. The van der Waals surface area contributed by atoms with Gasteiger partial charge in [0.2, 0.25) is 0 Å². The zero-order valence-corrected chi connectivity index (χ0v) is 12.5. The van der Waals surface area contributed by atoms with Crippen molar-refractivity contribution in [2.75, 3.05) is 0 Å². The maximum atomic E-state index is 9.58. The van der Waals surface area contributed by atoms with E-state index in [2.05, 4.69) is 44.4 Å². The minimum atomic E-state index is -0.0907. The van der Waals surface area contributed by atoms with E-state index in [0.717, 1.165) is 25.2 Å². The first-order valence-corrected chi connectivity index (χ1v) is 7.77. The van der Waals surface area contributed by atoms with Crippen molar-refractivity contribution in [3.05, 3.63) is 22.4 Å². The Labute approximate surface area is 115 Å². The third-order valence-corrected chi connectivity index (χ3v) is 5.37. The molecule has 0 saturated heterocycles. The Morgan fingerprint density at radius 3 is 2.50 bits per heavy atom. The summed E-state index contributed by atoms with van der Waals surface area (Å²) in [6.45, 7) is 6.99. The monoisotopic (exact) mass is 261 g/mol. The molecule has 0 atom stereocenters. The van der Waals surface area contributed by atoms with E-state index in [9.17, 15) is 5.26 Å². The molecule has 1 aliphatic carbocycles. The van der Waals surface area contributed by atoms with E-state index < -0.39 is 0 Å². The molecule has 18 heavy (non-hydrogen) atoms. The molecule has 0 N–H and O–H groups in total. The van der Waals surface area contributed by atoms with Crippen molar-refractivity contribution >= 4 is 11.3 Å². The third kappa shape index (κ3) is 2.95. The molecule has 1 aliphatic rings. The summed E-state index contributed by atoms with van der Waals surface area (Å²) in [6.07, 6.45) is 5.52. The molecule has 0 spiro atoms. The average Bonchev–Trinajstić information content (AvgIpc) is 2.81. The number of thiophene rings is 1. The van der Waals surface area contributed by atoms with Gasteiger partial charge in [-0.3, -0.25) is 0 Å². The van der Waals surface area contributed by atoms with E-state index in [1.165, 1.54) is 17.7 Å². The number of rotatable bonds is 2. The first-order valence-electron chi connectivity index (χ1n) is 6.89. The highest BCUT2D eigenvalue weighted by Crippen LogP contribution is 2.46. The molecule has 0 aliphatic heterocycles. The first-order chi connectivity index (χ1) is 8.45. The third-order valence-electron chi connectivity index (χ3n) is 4.50. The summed E-state index contributed by atoms with van der Waals surface area (Å²) in [5.74, 6) is 0.780. The van der Waals surface area contributed by atoms with E-state index >= 15 is 0 Å². The minimum Gasteiger partial charge on any atom is -0.198 e. The van der Waals surface area contributed by atoms with E-state index in [0.29, 0.717) is 5.41 Å². The van der Waals surface area contributed by atoms with Gasteiger partial charge in [-0.1, -0.05) is 26.8 Å². The molecule has 2 rings (SSSR count). The Bertz CT molecular complexity index is 411. The zero-order valence-electron chi connectivity index (χ0n) is 11.7. The van der Waals surface area contributed by atoms with Crippen molar-refractivity contribution in [2.24, 2.45) is 16.7 Å². The number of hydrogen-bond donors (Lipinski definition) is 0. The lowest BCUT2D eigenvalue weighted by Gasteiger charge is -2.40. The highest BCUT2D eigenvalue weighted by molar-refractivity contribution is 7.09. The van der Waals surface area contributed by atoms with Crippen molar-refractivity contribution in [3.63, 3.8) is 0 Å². The molecule has 0 aromatic carbocycles. The predicted octanol–water partition coefficient (Wildman–Crippen LogP) is 5.04. The molecular formula is C16H23NS. The Morgan fingerprint density at radius 1 is 1.39 bits per heavy atom. The van der Waals surface area contributed by atoms with Crippen LogP contribution in [0.3, 0.4) is 0 Å². The molecule has 0 amide bonds. The Morgan fingerprint density at radius 2 is 2.06 bits per heavy atom. The van der Waals surface area contributed by atoms with Gasteiger partial charge in [-0.25, -0.2) is 0 Å². The van der Waals surface area contributed by atoms with Gasteiger partial charge in [-0.05, 0) is 48.5 Å². The predicted molar refractivity (Wildman–Crippen MR) is 77.5 cm³/mol. The van der Waals surface area contributed by atoms with Crippen LogP contribution in [0.25, 0.3) is 0 Å². The molecule has 0 unspecified atom stereocenters. The standard InChI is InChI=1S/C16H23NS/c1-15(2,3)13-6-8-16(12-17,9-7-13)11-14-5-4-10-18-14/h4-5,10,13H,6-9,11H2,1-3H3. The van der Waals surface area contributed by atoms with Gasteiger partial charge in [-0.2, -0.15) is 5.26 Å². The Kier molecular flexibility index (Phi) is 3.82. The summed E-state index contributed by atoms with van der Waals surface area (Å²) < 4.78 is 0. The molecule has 98 valence electrons. The van der Waals surface area contributed by atoms with E-state index in [-0.39, 0.29) is 5.41 Å². The van der Waals surface area contributed by atoms with Crippen LogP contribution in [0.15, 0.2) is 17.5 Å². The quantitative estimate of drug-likeness (QED) is 0.732. The fraction of sp³-hybridized carbons (Fsp3) is 0.688. The second kappa shape index (κ2) is 5.05. The van der Waals surface area contributed by atoms with Crippen molar-refractivity contribution < 1.29 is 0 Å². The second-order valence-corrected chi connectivity index (χ2v) is 7.82. The van der Waals surface area contributed by atoms with E-state index in [4.69, 9.17) is 0 Å². The fourth-order valence-corrected chi connectivity index (χ4v) is 3.96. The molecule has 0 bridgehead atoms. The molecule has 2 heteroatoms. The van der Waals surface area contributed by atoms with Crippen molar-refractivity contribution in [3.8, 4) is 6.07 Å². The summed E-state index contributed by atoms with van der Waals surface area (Å²) >= 11 is 1.79. The smallest absolute Gasteiger partial charge is 0.0693 e. The average molecular weight is 261 g/mol. The topological polar surface area (TPSA) is 23.8 Å². The van der Waals surface area contributed by atoms with Gasteiger partial charge < -0.3 is 0 Å². The van der Waals surface area contributed by atoms with E-state index in [1.54, 1.807) is 11.3 Å². The molecule has 1 aromatic heterocycles. The lowest BCUT2D eigenvalue weighted by atomic mass is 9.63. The Balaban J connectivity index is 2.03. The fourth-order valence-electron chi connectivity index (χ4n) is 3.11. The molecule has 1 aromatic rings. The minimum absolute atomic E-state index is 0.0907. The van der Waals surface area contributed by atoms with Crippen LogP contribution in [0.5, 0.6) is 0 Å². The molecule has 0 radical (unpaired) electrons. The largest absolute Gasteiger partial charge is 0.198 e. The van der Waals surface area contributed by atoms with Gasteiger partial charge in [0, 0.05) is 11.3 Å². The number of nitriles is 1. The van der Waals surface area contributed by atoms with Gasteiger partial charge in [-0.15, -0.1) is 11.3 Å². The molecular weight excluding hydrogens is 238 g/mol. The van der Waals surface area contributed by atoms with Crippen LogP contribution in [-0.2, 0) is 6.42 Å². The SMILES string of the molecule is CC(C)(C)C1CCC(C#N)(Cc2cccs2)CC1. The first kappa shape index (κ1) is 13.6. The van der Waals surface area contributed by atoms with Crippen LogP contribution in [-0.4, -0.2) is 0 Å². The van der Waals surface area contributed by atoms with Crippen LogP contribution in [0.1, 0.15) is 51.3 Å². The molecule has 1 saturated carbocycles. The molecule has 1 nitrogen and oxygen atoms in total. The second-order valence-electron chi connectivity index (χ2n) is 6.79. The normalized spacial score (nSPS) is 28.9. The maximum Gasteiger partial charge on any atom is 0.0693 e. The summed E-state index contributed by atoms with van der Waals surface area (Å²) in [7, 11) is 0. The maximum absolute atomic E-state index is 9.58. The molecule has 1 fully saturated rings. The highest BCUT2D eigenvalue weighted by Gasteiger charge is 2.39. The van der Waals surface area contributed by atoms with Crippen LogP contribution >= 0.6 is 11.3 Å². The van der Waals surface area contributed by atoms with Gasteiger partial charge in [0.05, 0.1) is 11.5 Å². The molecule has 1 heterocycles. The van der Waals surface area contributed by atoms with Crippen LogP contribution in [0, 0.1) is 28.1 Å². The lowest BCUT2D eigenvalue weighted by Crippen LogP contribution is -2.33. The van der Waals surface area contributed by atoms with E-state index in [1.807, 2.05) is 0 Å². The van der Waals surface area contributed by atoms with Gasteiger partial charge in [0.25, 0.3) is 0 Å². The summed E-state index contributed by atoms with van der Waals surface area (Å²) in [6, 6.07) is 6.89. The summed E-state index contributed by atoms with van der Waals surface area (Å²) in [5, 5.41) is 11.7. The van der Waals surface area contributed by atoms with Crippen LogP contribution in [0.4, 0.5) is 0 Å².